The van der Waals surface area contributed by atoms with E-state index in [0.29, 0.717) is 6.54 Å². The fourth-order valence-electron chi connectivity index (χ4n) is 1.65. The number of aromatic nitrogens is 2. The van der Waals surface area contributed by atoms with Crippen molar-refractivity contribution >= 4 is 0 Å². The van der Waals surface area contributed by atoms with Crippen LogP contribution in [0.1, 0.15) is 18.9 Å². The molecule has 0 atom stereocenters. The third-order valence-corrected chi connectivity index (χ3v) is 2.55. The van der Waals surface area contributed by atoms with Crippen LogP contribution in [0.4, 0.5) is 0 Å². The van der Waals surface area contributed by atoms with Crippen molar-refractivity contribution in [1.29, 1.82) is 0 Å². The molecule has 0 bridgehead atoms. The van der Waals surface area contributed by atoms with Gasteiger partial charge in [-0.25, -0.2) is 0 Å². The zero-order valence-corrected chi connectivity index (χ0v) is 9.94. The number of nitrogens with two attached hydrogens (primary N) is 1. The lowest BCUT2D eigenvalue weighted by Gasteiger charge is -2.06. The van der Waals surface area contributed by atoms with Gasteiger partial charge in [0.1, 0.15) is 5.75 Å². The molecule has 0 fully saturated rings. The first-order valence-electron chi connectivity index (χ1n) is 5.80. The van der Waals surface area contributed by atoms with E-state index in [1.165, 1.54) is 0 Å². The maximum Gasteiger partial charge on any atom is 0.119 e. The first kappa shape index (κ1) is 11.7. The van der Waals surface area contributed by atoms with Crippen LogP contribution in [0.15, 0.2) is 30.5 Å². The predicted molar refractivity (Wildman–Crippen MR) is 67.7 cm³/mol. The monoisotopic (exact) mass is 231 g/mol. The van der Waals surface area contributed by atoms with Crippen molar-refractivity contribution in [3.05, 3.63) is 36.0 Å². The molecule has 0 aliphatic heterocycles. The van der Waals surface area contributed by atoms with Crippen LogP contribution in [0.2, 0.25) is 0 Å². The van der Waals surface area contributed by atoms with Crippen LogP contribution in [0.3, 0.4) is 0 Å². The Bertz CT molecular complexity index is 462. The maximum absolute atomic E-state index is 5.64. The first-order valence-corrected chi connectivity index (χ1v) is 5.80. The smallest absolute Gasteiger partial charge is 0.119 e. The topological polar surface area (TPSA) is 63.9 Å². The molecule has 3 N–H and O–H groups in total. The molecule has 0 radical (unpaired) electrons. The van der Waals surface area contributed by atoms with Crippen molar-refractivity contribution in [2.75, 3.05) is 6.61 Å². The molecular weight excluding hydrogens is 214 g/mol. The Balaban J connectivity index is 2.17. The molecule has 1 aromatic heterocycles. The Kier molecular flexibility index (Phi) is 3.77. The van der Waals surface area contributed by atoms with Gasteiger partial charge in [-0.3, -0.25) is 5.10 Å². The molecule has 0 unspecified atom stereocenters. The van der Waals surface area contributed by atoms with Crippen LogP contribution in [0, 0.1) is 0 Å². The van der Waals surface area contributed by atoms with Gasteiger partial charge in [-0.05, 0) is 30.7 Å². The van der Waals surface area contributed by atoms with Crippen LogP contribution in [0.25, 0.3) is 11.3 Å². The van der Waals surface area contributed by atoms with E-state index in [1.54, 1.807) is 6.20 Å². The molecule has 2 aromatic rings. The van der Waals surface area contributed by atoms with Crippen molar-refractivity contribution in [1.82, 2.24) is 10.2 Å². The molecule has 0 aliphatic rings. The minimum absolute atomic E-state index is 0.486. The lowest BCUT2D eigenvalue weighted by Crippen LogP contribution is -1.97. The van der Waals surface area contributed by atoms with E-state index in [-0.39, 0.29) is 0 Å². The summed E-state index contributed by atoms with van der Waals surface area (Å²) in [6.07, 6.45) is 2.77. The minimum Gasteiger partial charge on any atom is -0.494 e. The molecule has 1 heterocycles. The highest BCUT2D eigenvalue weighted by Gasteiger charge is 2.05. The van der Waals surface area contributed by atoms with Gasteiger partial charge < -0.3 is 10.5 Å². The van der Waals surface area contributed by atoms with E-state index < -0.39 is 0 Å². The van der Waals surface area contributed by atoms with Crippen molar-refractivity contribution in [3.63, 3.8) is 0 Å². The summed E-state index contributed by atoms with van der Waals surface area (Å²) in [4.78, 5) is 0. The number of nitrogens with one attached hydrogen (secondary N) is 1. The van der Waals surface area contributed by atoms with Gasteiger partial charge >= 0.3 is 0 Å². The summed E-state index contributed by atoms with van der Waals surface area (Å²) in [5.74, 6) is 0.893. The number of hydrogen-bond acceptors (Lipinski definition) is 3. The van der Waals surface area contributed by atoms with Crippen molar-refractivity contribution in [2.24, 2.45) is 5.73 Å². The molecule has 90 valence electrons. The Hall–Kier alpha value is -1.81. The summed E-state index contributed by atoms with van der Waals surface area (Å²) >= 11 is 0. The van der Waals surface area contributed by atoms with Gasteiger partial charge in [-0.1, -0.05) is 6.92 Å². The Labute approximate surface area is 101 Å². The Morgan fingerprint density at radius 1 is 1.29 bits per heavy atom. The summed E-state index contributed by atoms with van der Waals surface area (Å²) in [5.41, 5.74) is 8.72. The zero-order valence-electron chi connectivity index (χ0n) is 9.94. The van der Waals surface area contributed by atoms with Gasteiger partial charge in [-0.2, -0.15) is 5.10 Å². The molecule has 17 heavy (non-hydrogen) atoms. The Morgan fingerprint density at radius 2 is 2.06 bits per heavy atom. The van der Waals surface area contributed by atoms with Crippen molar-refractivity contribution in [3.8, 4) is 17.0 Å². The van der Waals surface area contributed by atoms with E-state index in [4.69, 9.17) is 10.5 Å². The van der Waals surface area contributed by atoms with Crippen LogP contribution < -0.4 is 10.5 Å². The number of benzene rings is 1. The van der Waals surface area contributed by atoms with Gasteiger partial charge in [-0.15, -0.1) is 0 Å². The fourth-order valence-corrected chi connectivity index (χ4v) is 1.65. The average molecular weight is 231 g/mol. The predicted octanol–water partition coefficient (Wildman–Crippen LogP) is 2.32. The van der Waals surface area contributed by atoms with Gasteiger partial charge in [0, 0.05) is 17.7 Å². The van der Waals surface area contributed by atoms with Crippen molar-refractivity contribution in [2.45, 2.75) is 19.9 Å². The van der Waals surface area contributed by atoms with Gasteiger partial charge in [0.15, 0.2) is 0 Å². The Morgan fingerprint density at radius 3 is 2.71 bits per heavy atom. The average Bonchev–Trinajstić information content (AvgIpc) is 2.85. The molecular formula is C13H17N3O. The normalized spacial score (nSPS) is 10.5. The maximum atomic E-state index is 5.64. The summed E-state index contributed by atoms with van der Waals surface area (Å²) in [5, 5.41) is 6.97. The van der Waals surface area contributed by atoms with Crippen LogP contribution in [-0.2, 0) is 6.54 Å². The van der Waals surface area contributed by atoms with Crippen LogP contribution >= 0.6 is 0 Å². The van der Waals surface area contributed by atoms with Gasteiger partial charge in [0.25, 0.3) is 0 Å². The fraction of sp³-hybridized carbons (Fsp3) is 0.308. The van der Waals surface area contributed by atoms with E-state index in [0.717, 1.165) is 35.6 Å². The SMILES string of the molecule is CCCOc1ccc(-c2[nH]ncc2CN)cc1. The summed E-state index contributed by atoms with van der Waals surface area (Å²) in [7, 11) is 0. The largest absolute Gasteiger partial charge is 0.494 e. The van der Waals surface area contributed by atoms with E-state index in [9.17, 15) is 0 Å². The van der Waals surface area contributed by atoms with E-state index in [1.807, 2.05) is 24.3 Å². The quantitative estimate of drug-likeness (QED) is 0.830. The highest BCUT2D eigenvalue weighted by Crippen LogP contribution is 2.23. The number of aromatic amines is 1. The number of H-pyrrole nitrogens is 1. The standard InChI is InChI=1S/C13H17N3O/c1-2-7-17-12-5-3-10(4-6-12)13-11(8-14)9-15-16-13/h3-6,9H,2,7-8,14H2,1H3,(H,15,16). The number of nitrogens with zero attached hydrogens (tertiary/aromatic N) is 1. The molecule has 2 rings (SSSR count). The number of ether oxygens (including phenoxy) is 1. The molecule has 4 nitrogen and oxygen atoms in total. The summed E-state index contributed by atoms with van der Waals surface area (Å²) in [6, 6.07) is 7.95. The second kappa shape index (κ2) is 5.50. The van der Waals surface area contributed by atoms with E-state index in [2.05, 4.69) is 17.1 Å². The second-order valence-electron chi connectivity index (χ2n) is 3.85. The molecule has 0 saturated heterocycles. The molecule has 0 saturated carbocycles. The highest BCUT2D eigenvalue weighted by molar-refractivity contribution is 5.63. The van der Waals surface area contributed by atoms with E-state index >= 15 is 0 Å². The lowest BCUT2D eigenvalue weighted by atomic mass is 10.1. The number of hydrogen-bond donors (Lipinski definition) is 2. The molecule has 4 heteroatoms. The number of rotatable bonds is 5. The minimum atomic E-state index is 0.486. The third-order valence-electron chi connectivity index (χ3n) is 2.55. The van der Waals surface area contributed by atoms with Crippen LogP contribution in [0.5, 0.6) is 5.75 Å². The molecule has 0 amide bonds. The lowest BCUT2D eigenvalue weighted by molar-refractivity contribution is 0.317. The highest BCUT2D eigenvalue weighted by atomic mass is 16.5. The molecule has 0 aliphatic carbocycles. The molecule has 0 spiro atoms. The van der Waals surface area contributed by atoms with Crippen molar-refractivity contribution < 1.29 is 4.74 Å². The third kappa shape index (κ3) is 2.65. The zero-order chi connectivity index (χ0) is 12.1. The molecule has 1 aromatic carbocycles. The second-order valence-corrected chi connectivity index (χ2v) is 3.85. The van der Waals surface area contributed by atoms with Gasteiger partial charge in [0.05, 0.1) is 18.5 Å². The van der Waals surface area contributed by atoms with Gasteiger partial charge in [0.2, 0.25) is 0 Å². The summed E-state index contributed by atoms with van der Waals surface area (Å²) < 4.78 is 5.53. The van der Waals surface area contributed by atoms with Crippen LogP contribution in [-0.4, -0.2) is 16.8 Å². The summed E-state index contributed by atoms with van der Waals surface area (Å²) in [6.45, 7) is 3.32. The first-order chi connectivity index (χ1) is 8.35.